The summed E-state index contributed by atoms with van der Waals surface area (Å²) in [6.07, 6.45) is 1.76. The molecule has 0 radical (unpaired) electrons. The second-order valence-corrected chi connectivity index (χ2v) is 6.16. The Labute approximate surface area is 153 Å². The van der Waals surface area contributed by atoms with Gasteiger partial charge in [-0.2, -0.15) is 0 Å². The quantitative estimate of drug-likeness (QED) is 0.677. The minimum atomic E-state index is -1.06. The zero-order chi connectivity index (χ0) is 18.9. The highest BCUT2D eigenvalue weighted by atomic mass is 16.5. The van der Waals surface area contributed by atoms with Crippen molar-refractivity contribution >= 4 is 11.9 Å². The third-order valence-electron chi connectivity index (χ3n) is 4.04. The van der Waals surface area contributed by atoms with Crippen molar-refractivity contribution in [3.05, 3.63) is 23.8 Å². The molecule has 1 aromatic carbocycles. The predicted octanol–water partition coefficient (Wildman–Crippen LogP) is 2.58. The van der Waals surface area contributed by atoms with E-state index in [9.17, 15) is 9.59 Å². The third-order valence-corrected chi connectivity index (χ3v) is 4.04. The molecule has 2 rings (SSSR count). The molecule has 0 aromatic heterocycles. The number of hydrogen-bond acceptors (Lipinski definition) is 5. The van der Waals surface area contributed by atoms with Gasteiger partial charge >= 0.3 is 5.97 Å². The molecule has 1 aromatic rings. The van der Waals surface area contributed by atoms with Gasteiger partial charge in [0.25, 0.3) is 5.91 Å². The lowest BCUT2D eigenvalue weighted by Crippen LogP contribution is -2.48. The monoisotopic (exact) mass is 365 g/mol. The molecule has 0 spiro atoms. The Kier molecular flexibility index (Phi) is 7.72. The molecule has 1 N–H and O–H groups in total. The van der Waals surface area contributed by atoms with Crippen LogP contribution in [0.4, 0.5) is 0 Å². The van der Waals surface area contributed by atoms with E-state index in [0.29, 0.717) is 36.8 Å². The number of unbranched alkanes of at least 4 members (excludes halogenated alkanes) is 1. The van der Waals surface area contributed by atoms with Crippen LogP contribution in [0.2, 0.25) is 0 Å². The summed E-state index contributed by atoms with van der Waals surface area (Å²) in [7, 11) is 0. The lowest BCUT2D eigenvalue weighted by molar-refractivity contribution is -0.154. The van der Waals surface area contributed by atoms with Gasteiger partial charge in [-0.05, 0) is 25.0 Å². The Morgan fingerprint density at radius 2 is 2.04 bits per heavy atom. The van der Waals surface area contributed by atoms with E-state index in [2.05, 4.69) is 6.92 Å². The molecule has 7 nitrogen and oxygen atoms in total. The van der Waals surface area contributed by atoms with Gasteiger partial charge in [-0.3, -0.25) is 4.79 Å². The molecule has 1 unspecified atom stereocenters. The number of amides is 1. The van der Waals surface area contributed by atoms with Gasteiger partial charge in [-0.15, -0.1) is 0 Å². The van der Waals surface area contributed by atoms with Crippen molar-refractivity contribution in [3.63, 3.8) is 0 Å². The van der Waals surface area contributed by atoms with E-state index in [0.717, 1.165) is 19.3 Å². The molecule has 0 saturated carbocycles. The Hall–Kier alpha value is -2.28. The summed E-state index contributed by atoms with van der Waals surface area (Å²) in [5.74, 6) is -0.200. The number of aliphatic carboxylic acids is 1. The SMILES string of the molecule is CCCCOc1cc(OCCC)ccc1C(=O)N1CCOC(C(=O)O)C1. The number of ether oxygens (including phenoxy) is 3. The van der Waals surface area contributed by atoms with E-state index >= 15 is 0 Å². The number of carboxylic acids is 1. The highest BCUT2D eigenvalue weighted by molar-refractivity contribution is 5.97. The van der Waals surface area contributed by atoms with Crippen LogP contribution in [0.15, 0.2) is 18.2 Å². The average Bonchev–Trinajstić information content (AvgIpc) is 2.66. The van der Waals surface area contributed by atoms with Gasteiger partial charge < -0.3 is 24.2 Å². The first-order valence-corrected chi connectivity index (χ1v) is 9.10. The first-order chi connectivity index (χ1) is 12.6. The summed E-state index contributed by atoms with van der Waals surface area (Å²) in [6, 6.07) is 5.15. The Bertz CT molecular complexity index is 618. The van der Waals surface area contributed by atoms with Crippen LogP contribution in [0, 0.1) is 0 Å². The molecular weight excluding hydrogens is 338 g/mol. The maximum atomic E-state index is 12.9. The molecule has 0 bridgehead atoms. The van der Waals surface area contributed by atoms with Crippen LogP contribution in [0.3, 0.4) is 0 Å². The maximum Gasteiger partial charge on any atom is 0.334 e. The number of hydrogen-bond donors (Lipinski definition) is 1. The van der Waals surface area contributed by atoms with Crippen molar-refractivity contribution in [3.8, 4) is 11.5 Å². The zero-order valence-corrected chi connectivity index (χ0v) is 15.4. The Balaban J connectivity index is 2.18. The summed E-state index contributed by atoms with van der Waals surface area (Å²) < 4.78 is 16.6. The van der Waals surface area contributed by atoms with Crippen LogP contribution in [-0.2, 0) is 9.53 Å². The smallest absolute Gasteiger partial charge is 0.334 e. The molecule has 144 valence electrons. The Morgan fingerprint density at radius 3 is 2.73 bits per heavy atom. The fourth-order valence-corrected chi connectivity index (χ4v) is 2.59. The van der Waals surface area contributed by atoms with E-state index in [4.69, 9.17) is 19.3 Å². The number of carbonyl (C=O) groups excluding carboxylic acids is 1. The second-order valence-electron chi connectivity index (χ2n) is 6.16. The largest absolute Gasteiger partial charge is 0.493 e. The number of benzene rings is 1. The van der Waals surface area contributed by atoms with Crippen LogP contribution in [0.25, 0.3) is 0 Å². The molecule has 1 atom stereocenters. The molecule has 1 aliphatic heterocycles. The van der Waals surface area contributed by atoms with Gasteiger partial charge in [0.2, 0.25) is 0 Å². The first kappa shape index (κ1) is 20.0. The van der Waals surface area contributed by atoms with Crippen molar-refractivity contribution in [2.24, 2.45) is 0 Å². The van der Waals surface area contributed by atoms with Crippen LogP contribution in [0.5, 0.6) is 11.5 Å². The fraction of sp³-hybridized carbons (Fsp3) is 0.579. The molecule has 26 heavy (non-hydrogen) atoms. The molecule has 1 fully saturated rings. The topological polar surface area (TPSA) is 85.3 Å². The average molecular weight is 365 g/mol. The highest BCUT2D eigenvalue weighted by Gasteiger charge is 2.30. The highest BCUT2D eigenvalue weighted by Crippen LogP contribution is 2.27. The van der Waals surface area contributed by atoms with Crippen LogP contribution in [0.1, 0.15) is 43.5 Å². The predicted molar refractivity (Wildman–Crippen MR) is 95.9 cm³/mol. The van der Waals surface area contributed by atoms with Gasteiger partial charge in [-0.25, -0.2) is 4.79 Å². The minimum absolute atomic E-state index is 0.0245. The minimum Gasteiger partial charge on any atom is -0.493 e. The van der Waals surface area contributed by atoms with Crippen LogP contribution < -0.4 is 9.47 Å². The van der Waals surface area contributed by atoms with E-state index in [1.807, 2.05) is 6.92 Å². The normalized spacial score (nSPS) is 17.0. The van der Waals surface area contributed by atoms with Crippen LogP contribution in [-0.4, -0.2) is 60.9 Å². The van der Waals surface area contributed by atoms with E-state index in [1.54, 1.807) is 18.2 Å². The Morgan fingerprint density at radius 1 is 1.23 bits per heavy atom. The number of rotatable bonds is 9. The van der Waals surface area contributed by atoms with Crippen molar-refractivity contribution in [1.29, 1.82) is 0 Å². The van der Waals surface area contributed by atoms with Gasteiger partial charge in [0, 0.05) is 12.6 Å². The van der Waals surface area contributed by atoms with Crippen molar-refractivity contribution < 1.29 is 28.9 Å². The molecule has 1 saturated heterocycles. The fourth-order valence-electron chi connectivity index (χ4n) is 2.59. The summed E-state index contributed by atoms with van der Waals surface area (Å²) in [5.41, 5.74) is 0.413. The van der Waals surface area contributed by atoms with Crippen LogP contribution >= 0.6 is 0 Å². The van der Waals surface area contributed by atoms with Gasteiger partial charge in [-0.1, -0.05) is 20.3 Å². The lowest BCUT2D eigenvalue weighted by Gasteiger charge is -2.31. The maximum absolute atomic E-state index is 12.9. The summed E-state index contributed by atoms with van der Waals surface area (Å²) >= 11 is 0. The van der Waals surface area contributed by atoms with Gasteiger partial charge in [0.1, 0.15) is 11.5 Å². The lowest BCUT2D eigenvalue weighted by atomic mass is 10.1. The third kappa shape index (κ3) is 5.36. The molecule has 1 heterocycles. The first-order valence-electron chi connectivity index (χ1n) is 9.10. The summed E-state index contributed by atoms with van der Waals surface area (Å²) in [4.78, 5) is 25.5. The van der Waals surface area contributed by atoms with Crippen molar-refractivity contribution in [1.82, 2.24) is 4.90 Å². The molecule has 7 heteroatoms. The zero-order valence-electron chi connectivity index (χ0n) is 15.4. The van der Waals surface area contributed by atoms with Crippen molar-refractivity contribution in [2.75, 3.05) is 32.9 Å². The number of nitrogens with zero attached hydrogens (tertiary/aromatic N) is 1. The second kappa shape index (κ2) is 10.0. The van der Waals surface area contributed by atoms with Gasteiger partial charge in [0.15, 0.2) is 6.10 Å². The number of carboxylic acid groups (broad SMARTS) is 1. The molecule has 1 aliphatic rings. The number of carbonyl (C=O) groups is 2. The van der Waals surface area contributed by atoms with E-state index in [1.165, 1.54) is 4.90 Å². The summed E-state index contributed by atoms with van der Waals surface area (Å²) in [6.45, 7) is 5.76. The van der Waals surface area contributed by atoms with Crippen molar-refractivity contribution in [2.45, 2.75) is 39.2 Å². The molecule has 1 amide bonds. The summed E-state index contributed by atoms with van der Waals surface area (Å²) in [5, 5.41) is 9.12. The molecular formula is C19H27NO6. The molecule has 0 aliphatic carbocycles. The standard InChI is InChI=1S/C19H27NO6/c1-3-5-10-25-16-12-14(24-9-4-2)6-7-15(16)18(21)20-8-11-26-17(13-20)19(22)23/h6-7,12,17H,3-5,8-11,13H2,1-2H3,(H,22,23). The van der Waals surface area contributed by atoms with E-state index in [-0.39, 0.29) is 19.1 Å². The van der Waals surface area contributed by atoms with E-state index < -0.39 is 12.1 Å². The van der Waals surface area contributed by atoms with Gasteiger partial charge in [0.05, 0.1) is 31.9 Å². The number of morpholine rings is 1.